The molecule has 0 amide bonds. The molecule has 8 nitrogen and oxygen atoms in total. The monoisotopic (exact) mass is 440 g/mol. The minimum atomic E-state index is -4.53. The van der Waals surface area contributed by atoms with E-state index in [4.69, 9.17) is 0 Å². The normalized spacial score (nSPS) is 12.0. The Balaban J connectivity index is 1.77. The van der Waals surface area contributed by atoms with Crippen LogP contribution in [0.25, 0.3) is 5.69 Å². The van der Waals surface area contributed by atoms with E-state index in [2.05, 4.69) is 10.4 Å². The smallest absolute Gasteiger partial charge is 0.380 e. The molecule has 0 saturated carbocycles. The highest BCUT2D eigenvalue weighted by molar-refractivity contribution is 7.90. The quantitative estimate of drug-likeness (QED) is 0.461. The van der Waals surface area contributed by atoms with Crippen LogP contribution in [0.1, 0.15) is 11.3 Å². The highest BCUT2D eigenvalue weighted by Gasteiger charge is 2.33. The number of sulfone groups is 1. The number of hydrogen-bond donors (Lipinski definition) is 1. The van der Waals surface area contributed by atoms with Crippen molar-refractivity contribution in [2.45, 2.75) is 17.6 Å². The molecule has 0 aliphatic carbocycles. The minimum absolute atomic E-state index is 0.188. The minimum Gasteiger partial charge on any atom is -0.380 e. The van der Waals surface area contributed by atoms with E-state index in [1.54, 1.807) is 24.3 Å². The van der Waals surface area contributed by atoms with Crippen LogP contribution >= 0.6 is 0 Å². The Morgan fingerprint density at radius 1 is 1.13 bits per heavy atom. The van der Waals surface area contributed by atoms with Gasteiger partial charge < -0.3 is 5.32 Å². The molecule has 3 aromatic rings. The van der Waals surface area contributed by atoms with E-state index in [1.807, 2.05) is 0 Å². The summed E-state index contributed by atoms with van der Waals surface area (Å²) in [5.74, 6) is 0. The third-order valence-electron chi connectivity index (χ3n) is 4.14. The molecule has 1 N–H and O–H groups in total. The molecule has 3 rings (SSSR count). The topological polar surface area (TPSA) is 107 Å². The van der Waals surface area contributed by atoms with Gasteiger partial charge in [-0.1, -0.05) is 12.1 Å². The van der Waals surface area contributed by atoms with Crippen LogP contribution in [0.4, 0.5) is 24.5 Å². The SMILES string of the molecule is CS(=O)(=O)c1cc([N+](=O)[O-])ccc1NCc1ccc(-n2ccc(C(F)(F)F)n2)cc1. The Morgan fingerprint density at radius 3 is 2.33 bits per heavy atom. The number of rotatable bonds is 6. The second-order valence-corrected chi connectivity index (χ2v) is 8.36. The van der Waals surface area contributed by atoms with Gasteiger partial charge in [-0.15, -0.1) is 0 Å². The van der Waals surface area contributed by atoms with Crippen LogP contribution in [-0.4, -0.2) is 29.4 Å². The Hall–Kier alpha value is -3.41. The van der Waals surface area contributed by atoms with Gasteiger partial charge >= 0.3 is 6.18 Å². The Labute approximate surface area is 169 Å². The van der Waals surface area contributed by atoms with Crippen molar-refractivity contribution in [3.05, 3.63) is 76.1 Å². The van der Waals surface area contributed by atoms with E-state index in [0.29, 0.717) is 11.3 Å². The number of non-ortho nitro benzene ring substituents is 1. The maximum Gasteiger partial charge on any atom is 0.435 e. The summed E-state index contributed by atoms with van der Waals surface area (Å²) < 4.78 is 63.0. The third-order valence-corrected chi connectivity index (χ3v) is 5.28. The maximum atomic E-state index is 12.7. The third kappa shape index (κ3) is 4.76. The molecule has 12 heteroatoms. The second-order valence-electron chi connectivity index (χ2n) is 6.37. The fourth-order valence-electron chi connectivity index (χ4n) is 2.66. The summed E-state index contributed by atoms with van der Waals surface area (Å²) in [4.78, 5) is 10.0. The lowest BCUT2D eigenvalue weighted by molar-refractivity contribution is -0.385. The summed E-state index contributed by atoms with van der Waals surface area (Å²) in [5, 5.41) is 17.3. The fourth-order valence-corrected chi connectivity index (χ4v) is 3.53. The summed E-state index contributed by atoms with van der Waals surface area (Å²) in [5.41, 5.74) is -0.0160. The van der Waals surface area contributed by atoms with Crippen LogP contribution in [0.3, 0.4) is 0 Å². The number of aromatic nitrogens is 2. The molecule has 1 heterocycles. The van der Waals surface area contributed by atoms with Gasteiger partial charge in [-0.2, -0.15) is 18.3 Å². The molecule has 2 aromatic carbocycles. The Bertz CT molecular complexity index is 1190. The number of hydrogen-bond acceptors (Lipinski definition) is 6. The molecule has 0 radical (unpaired) electrons. The average Bonchev–Trinajstić information content (AvgIpc) is 3.16. The molecule has 0 aliphatic heterocycles. The van der Waals surface area contributed by atoms with Gasteiger partial charge in [0.05, 0.1) is 21.2 Å². The van der Waals surface area contributed by atoms with Gasteiger partial charge in [-0.25, -0.2) is 13.1 Å². The van der Waals surface area contributed by atoms with Crippen LogP contribution < -0.4 is 5.32 Å². The zero-order valence-electron chi connectivity index (χ0n) is 15.4. The molecule has 30 heavy (non-hydrogen) atoms. The summed E-state index contributed by atoms with van der Waals surface area (Å²) in [7, 11) is -3.72. The largest absolute Gasteiger partial charge is 0.435 e. The molecule has 0 fully saturated rings. The van der Waals surface area contributed by atoms with Crippen LogP contribution in [0, 0.1) is 10.1 Å². The Morgan fingerprint density at radius 2 is 1.80 bits per heavy atom. The highest BCUT2D eigenvalue weighted by atomic mass is 32.2. The van der Waals surface area contributed by atoms with Crippen LogP contribution in [0.2, 0.25) is 0 Å². The summed E-state index contributed by atoms with van der Waals surface area (Å²) in [6.07, 6.45) is -2.38. The molecular formula is C18H15F3N4O4S. The van der Waals surface area contributed by atoms with Crippen molar-refractivity contribution in [1.29, 1.82) is 0 Å². The maximum absolute atomic E-state index is 12.7. The van der Waals surface area contributed by atoms with Crippen LogP contribution in [0.5, 0.6) is 0 Å². The van der Waals surface area contributed by atoms with Crippen molar-refractivity contribution >= 4 is 21.2 Å². The number of alkyl halides is 3. The lowest BCUT2D eigenvalue weighted by Crippen LogP contribution is -2.08. The molecule has 0 saturated heterocycles. The number of nitrogens with zero attached hydrogens (tertiary/aromatic N) is 3. The molecule has 0 aliphatic rings. The summed E-state index contributed by atoms with van der Waals surface area (Å²) in [6, 6.07) is 10.8. The first-order chi connectivity index (χ1) is 13.9. The van der Waals surface area contributed by atoms with Gasteiger partial charge in [0.15, 0.2) is 15.5 Å². The number of benzene rings is 2. The average molecular weight is 440 g/mol. The van der Waals surface area contributed by atoms with Gasteiger partial charge in [-0.05, 0) is 29.8 Å². The van der Waals surface area contributed by atoms with Crippen molar-refractivity contribution in [2.75, 3.05) is 11.6 Å². The predicted molar refractivity (Wildman–Crippen MR) is 102 cm³/mol. The predicted octanol–water partition coefficient (Wildman–Crippen LogP) is 3.81. The van der Waals surface area contributed by atoms with Gasteiger partial charge in [0.1, 0.15) is 0 Å². The van der Waals surface area contributed by atoms with Gasteiger partial charge in [-0.3, -0.25) is 10.1 Å². The molecule has 1 aromatic heterocycles. The van der Waals surface area contributed by atoms with Gasteiger partial charge in [0.25, 0.3) is 5.69 Å². The van der Waals surface area contributed by atoms with E-state index in [1.165, 1.54) is 18.3 Å². The molecule has 158 valence electrons. The van der Waals surface area contributed by atoms with Crippen molar-refractivity contribution < 1.29 is 26.5 Å². The molecule has 0 bridgehead atoms. The molecule has 0 spiro atoms. The van der Waals surface area contributed by atoms with Gasteiger partial charge in [0.2, 0.25) is 0 Å². The van der Waals surface area contributed by atoms with E-state index in [0.717, 1.165) is 23.1 Å². The summed E-state index contributed by atoms with van der Waals surface area (Å²) in [6.45, 7) is 0.188. The zero-order valence-corrected chi connectivity index (χ0v) is 16.2. The van der Waals surface area contributed by atoms with Gasteiger partial charge in [0, 0.05) is 31.1 Å². The zero-order chi connectivity index (χ0) is 22.1. The second kappa shape index (κ2) is 7.78. The Kier molecular flexibility index (Phi) is 5.53. The first kappa shape index (κ1) is 21.3. The van der Waals surface area contributed by atoms with Crippen LogP contribution in [-0.2, 0) is 22.6 Å². The van der Waals surface area contributed by atoms with Crippen molar-refractivity contribution in [2.24, 2.45) is 0 Å². The number of nitro groups is 1. The van der Waals surface area contributed by atoms with Crippen molar-refractivity contribution in [3.8, 4) is 5.69 Å². The molecule has 0 atom stereocenters. The van der Waals surface area contributed by atoms with Crippen LogP contribution in [0.15, 0.2) is 59.6 Å². The highest BCUT2D eigenvalue weighted by Crippen LogP contribution is 2.28. The molecular weight excluding hydrogens is 425 g/mol. The fraction of sp³-hybridized carbons (Fsp3) is 0.167. The standard InChI is InChI=1S/C18H15F3N4O4S/c1-30(28,29)16-10-14(25(26)27)6-7-15(16)22-11-12-2-4-13(5-3-12)24-9-8-17(23-24)18(19,20)21/h2-10,22H,11H2,1H3. The first-order valence-corrected chi connectivity index (χ1v) is 10.3. The lowest BCUT2D eigenvalue weighted by atomic mass is 10.2. The van der Waals surface area contributed by atoms with E-state index >= 15 is 0 Å². The first-order valence-electron chi connectivity index (χ1n) is 8.40. The van der Waals surface area contributed by atoms with E-state index in [9.17, 15) is 31.7 Å². The number of nitrogens with one attached hydrogen (secondary N) is 1. The molecule has 0 unspecified atom stereocenters. The number of nitro benzene ring substituents is 1. The van der Waals surface area contributed by atoms with E-state index < -0.39 is 26.6 Å². The summed E-state index contributed by atoms with van der Waals surface area (Å²) >= 11 is 0. The van der Waals surface area contributed by atoms with Crippen molar-refractivity contribution in [3.63, 3.8) is 0 Å². The van der Waals surface area contributed by atoms with E-state index in [-0.39, 0.29) is 22.8 Å². The lowest BCUT2D eigenvalue weighted by Gasteiger charge is -2.11. The number of anilines is 1. The van der Waals surface area contributed by atoms with Crippen molar-refractivity contribution in [1.82, 2.24) is 9.78 Å². The number of halogens is 3.